The van der Waals surface area contributed by atoms with Crippen molar-refractivity contribution in [2.24, 2.45) is 0 Å². The molecule has 39 heavy (non-hydrogen) atoms. The van der Waals surface area contributed by atoms with Gasteiger partial charge in [0.2, 0.25) is 11.8 Å². The molecule has 1 fully saturated rings. The monoisotopic (exact) mass is 549 g/mol. The number of alkyl carbamates (subject to hydrolysis) is 1. The zero-order chi connectivity index (χ0) is 28.4. The number of nitrogens with one attached hydrogen (secondary N) is 3. The molecule has 0 bridgehead atoms. The van der Waals surface area contributed by atoms with Gasteiger partial charge in [-0.05, 0) is 24.8 Å². The van der Waals surface area contributed by atoms with Crippen molar-refractivity contribution in [3.63, 3.8) is 0 Å². The highest BCUT2D eigenvalue weighted by Gasteiger charge is 2.35. The Morgan fingerprint density at radius 1 is 1.26 bits per heavy atom. The molecular weight excluding hydrogens is 517 g/mol. The van der Waals surface area contributed by atoms with Crippen molar-refractivity contribution in [3.05, 3.63) is 58.4 Å². The fraction of sp³-hybridized carbons (Fsp3) is 0.480. The zero-order valence-corrected chi connectivity index (χ0v) is 21.3. The average molecular weight is 550 g/mol. The molecule has 1 saturated heterocycles. The number of hydrogen-bond acceptors (Lipinski definition) is 9. The molecule has 0 radical (unpaired) electrons. The van der Waals surface area contributed by atoms with Crippen molar-refractivity contribution in [2.45, 2.75) is 63.7 Å². The molecule has 2 aromatic rings. The number of ether oxygens (including phenoxy) is 2. The van der Waals surface area contributed by atoms with Crippen molar-refractivity contribution in [1.82, 2.24) is 20.2 Å². The van der Waals surface area contributed by atoms with Gasteiger partial charge in [0.1, 0.15) is 25.0 Å². The highest BCUT2D eigenvalue weighted by molar-refractivity contribution is 5.95. The number of rotatable bonds is 12. The van der Waals surface area contributed by atoms with Crippen LogP contribution in [0, 0.1) is 5.82 Å². The molecule has 0 spiro atoms. The summed E-state index contributed by atoms with van der Waals surface area (Å²) in [6.45, 7) is 1.23. The molecule has 0 aliphatic carbocycles. The van der Waals surface area contributed by atoms with E-state index in [1.807, 2.05) is 6.07 Å². The van der Waals surface area contributed by atoms with Crippen LogP contribution in [0.2, 0.25) is 0 Å². The van der Waals surface area contributed by atoms with Crippen molar-refractivity contribution >= 4 is 23.7 Å². The largest absolute Gasteiger partial charge is 0.445 e. The average Bonchev–Trinajstić information content (AvgIpc) is 3.29. The van der Waals surface area contributed by atoms with Crippen molar-refractivity contribution < 1.29 is 38.5 Å². The Labute approximate surface area is 223 Å². The number of hydrogen-bond donors (Lipinski definition) is 5. The summed E-state index contributed by atoms with van der Waals surface area (Å²) in [5.41, 5.74) is -0.218. The highest BCUT2D eigenvalue weighted by Crippen LogP contribution is 2.27. The van der Waals surface area contributed by atoms with Crippen molar-refractivity contribution in [1.29, 1.82) is 0 Å². The Balaban J connectivity index is 1.66. The van der Waals surface area contributed by atoms with Gasteiger partial charge in [-0.3, -0.25) is 14.2 Å². The summed E-state index contributed by atoms with van der Waals surface area (Å²) in [6.07, 6.45) is -2.12. The first-order valence-corrected chi connectivity index (χ1v) is 12.4. The summed E-state index contributed by atoms with van der Waals surface area (Å²) in [4.78, 5) is 52.5. The lowest BCUT2D eigenvalue weighted by atomic mass is 10.1. The van der Waals surface area contributed by atoms with Crippen LogP contribution in [0.5, 0.6) is 0 Å². The summed E-state index contributed by atoms with van der Waals surface area (Å²) in [7, 11) is 0. The predicted molar refractivity (Wildman–Crippen MR) is 135 cm³/mol. The number of amides is 3. The van der Waals surface area contributed by atoms with Crippen LogP contribution in [-0.4, -0.2) is 69.1 Å². The normalized spacial score (nSPS) is 19.2. The van der Waals surface area contributed by atoms with E-state index >= 15 is 0 Å². The molecule has 1 aliphatic rings. The number of carbonyl (C=O) groups is 3. The van der Waals surface area contributed by atoms with Gasteiger partial charge >= 0.3 is 11.8 Å². The molecule has 3 rings (SSSR count). The highest BCUT2D eigenvalue weighted by atomic mass is 19.1. The van der Waals surface area contributed by atoms with Crippen molar-refractivity contribution in [3.8, 4) is 0 Å². The maximum Gasteiger partial charge on any atom is 0.408 e. The van der Waals surface area contributed by atoms with Crippen LogP contribution < -0.4 is 21.6 Å². The second-order valence-corrected chi connectivity index (χ2v) is 8.97. The Morgan fingerprint density at radius 3 is 2.67 bits per heavy atom. The lowest BCUT2D eigenvalue weighted by molar-refractivity contribution is -0.119. The number of aliphatic hydroxyl groups excluding tert-OH is 2. The van der Waals surface area contributed by atoms with E-state index in [0.717, 1.165) is 16.3 Å². The number of halogens is 1. The second kappa shape index (κ2) is 14.3. The summed E-state index contributed by atoms with van der Waals surface area (Å²) >= 11 is 0. The lowest BCUT2D eigenvalue weighted by Gasteiger charge is -2.19. The molecule has 1 aromatic carbocycles. The van der Waals surface area contributed by atoms with E-state index in [1.54, 1.807) is 24.3 Å². The van der Waals surface area contributed by atoms with E-state index in [0.29, 0.717) is 19.4 Å². The standard InChI is InChI=1S/C25H32FN5O8/c1-15(33)27-10-6-5-9-18(28-25(37)38-14-16-7-3-2-4-8-16)23(35)29-22-17(26)12-31(24(36)30-22)21-11-19(34)20(13-32)39-21/h2-4,7-8,12,18-21,32,34H,5-6,9-11,13-14H2,1H3,(H,27,33)(H,28,37)(H,29,30,35,36)/t18?,19-,20+,21+/m0/s1. The Morgan fingerprint density at radius 2 is 2.00 bits per heavy atom. The smallest absolute Gasteiger partial charge is 0.408 e. The molecule has 5 N–H and O–H groups in total. The molecular formula is C25H32FN5O8. The van der Waals surface area contributed by atoms with E-state index in [1.165, 1.54) is 6.92 Å². The Kier molecular flexibility index (Phi) is 10.9. The van der Waals surface area contributed by atoms with E-state index < -0.39 is 60.4 Å². The maximum atomic E-state index is 14.8. The van der Waals surface area contributed by atoms with Gasteiger partial charge in [0, 0.05) is 19.9 Å². The molecule has 0 saturated carbocycles. The van der Waals surface area contributed by atoms with Gasteiger partial charge in [-0.15, -0.1) is 0 Å². The third-order valence-electron chi connectivity index (χ3n) is 5.96. The third-order valence-corrected chi connectivity index (χ3v) is 5.96. The number of nitrogens with zero attached hydrogens (tertiary/aromatic N) is 2. The Bertz CT molecular complexity index is 1190. The maximum absolute atomic E-state index is 14.8. The molecule has 1 aliphatic heterocycles. The topological polar surface area (TPSA) is 181 Å². The van der Waals surface area contributed by atoms with E-state index in [-0.39, 0.29) is 25.4 Å². The summed E-state index contributed by atoms with van der Waals surface area (Å²) in [5, 5.41) is 26.4. The van der Waals surface area contributed by atoms with Crippen LogP contribution in [0.4, 0.5) is 15.0 Å². The van der Waals surface area contributed by atoms with E-state index in [4.69, 9.17) is 9.47 Å². The van der Waals surface area contributed by atoms with Gasteiger partial charge in [0.25, 0.3) is 0 Å². The van der Waals surface area contributed by atoms with Gasteiger partial charge in [0.15, 0.2) is 11.6 Å². The second-order valence-electron chi connectivity index (χ2n) is 8.97. The van der Waals surface area contributed by atoms with Crippen LogP contribution in [0.25, 0.3) is 0 Å². The quantitative estimate of drug-likeness (QED) is 0.236. The first kappa shape index (κ1) is 29.7. The molecule has 1 aromatic heterocycles. The zero-order valence-electron chi connectivity index (χ0n) is 21.3. The first-order chi connectivity index (χ1) is 18.7. The summed E-state index contributed by atoms with van der Waals surface area (Å²) in [5.74, 6) is -2.74. The van der Waals surface area contributed by atoms with Gasteiger partial charge in [-0.25, -0.2) is 14.0 Å². The number of anilines is 1. The number of aliphatic hydroxyl groups is 2. The molecule has 3 amide bonds. The minimum atomic E-state index is -1.16. The molecule has 1 unspecified atom stereocenters. The minimum absolute atomic E-state index is 0.0347. The lowest BCUT2D eigenvalue weighted by Crippen LogP contribution is -2.44. The van der Waals surface area contributed by atoms with Gasteiger partial charge in [-0.2, -0.15) is 4.98 Å². The first-order valence-electron chi connectivity index (χ1n) is 12.4. The summed E-state index contributed by atoms with van der Waals surface area (Å²) < 4.78 is 26.2. The van der Waals surface area contributed by atoms with Crippen LogP contribution in [0.15, 0.2) is 41.3 Å². The molecule has 4 atom stereocenters. The van der Waals surface area contributed by atoms with Gasteiger partial charge < -0.3 is 35.6 Å². The van der Waals surface area contributed by atoms with E-state index in [2.05, 4.69) is 20.9 Å². The number of unbranched alkanes of at least 4 members (excludes halogenated alkanes) is 1. The molecule has 13 nitrogen and oxygen atoms in total. The van der Waals surface area contributed by atoms with Crippen LogP contribution >= 0.6 is 0 Å². The minimum Gasteiger partial charge on any atom is -0.445 e. The number of benzene rings is 1. The van der Waals surface area contributed by atoms with Gasteiger partial charge in [-0.1, -0.05) is 30.3 Å². The third kappa shape index (κ3) is 8.84. The van der Waals surface area contributed by atoms with Crippen molar-refractivity contribution in [2.75, 3.05) is 18.5 Å². The fourth-order valence-corrected chi connectivity index (χ4v) is 3.91. The number of carbonyl (C=O) groups excluding carboxylic acids is 3. The van der Waals surface area contributed by atoms with Crippen LogP contribution in [0.3, 0.4) is 0 Å². The number of aromatic nitrogens is 2. The fourth-order valence-electron chi connectivity index (χ4n) is 3.91. The Hall–Kier alpha value is -3.88. The van der Waals surface area contributed by atoms with Crippen LogP contribution in [0.1, 0.15) is 44.4 Å². The van der Waals surface area contributed by atoms with E-state index in [9.17, 15) is 33.8 Å². The summed E-state index contributed by atoms with van der Waals surface area (Å²) in [6, 6.07) is 7.74. The molecule has 14 heteroatoms. The SMILES string of the molecule is CC(=O)NCCCCC(NC(=O)OCc1ccccc1)C(=O)Nc1nc(=O)n([C@H]2C[C@H](O)[C@@H](CO)O2)cc1F. The molecule has 212 valence electrons. The van der Waals surface area contributed by atoms with Gasteiger partial charge in [0.05, 0.1) is 18.9 Å². The van der Waals surface area contributed by atoms with Crippen LogP contribution in [-0.2, 0) is 25.7 Å². The molecule has 2 heterocycles. The predicted octanol–water partition coefficient (Wildman–Crippen LogP) is 0.563.